The van der Waals surface area contributed by atoms with Gasteiger partial charge in [-0.05, 0) is 36.7 Å². The van der Waals surface area contributed by atoms with Crippen LogP contribution >= 0.6 is 0 Å². The number of hydroxylamine groups is 2. The summed E-state index contributed by atoms with van der Waals surface area (Å²) < 4.78 is 11.3. The summed E-state index contributed by atoms with van der Waals surface area (Å²) in [5.41, 5.74) is 1.57. The van der Waals surface area contributed by atoms with Crippen molar-refractivity contribution in [2.24, 2.45) is 10.9 Å². The SMILES string of the molecule is Cc1nc(CN(Cc2ccc(OCC(C)C)cc2)C2=NC3(CCNCC3)ON2C)co1. The topological polar surface area (TPSA) is 75.4 Å². The minimum absolute atomic E-state index is 0.470. The highest BCUT2D eigenvalue weighted by Gasteiger charge is 2.42. The summed E-state index contributed by atoms with van der Waals surface area (Å²) in [4.78, 5) is 18.0. The first-order valence-corrected chi connectivity index (χ1v) is 11.0. The summed E-state index contributed by atoms with van der Waals surface area (Å²) in [6.07, 6.45) is 3.43. The molecule has 3 heterocycles. The van der Waals surface area contributed by atoms with Gasteiger partial charge >= 0.3 is 0 Å². The minimum atomic E-state index is -0.470. The molecule has 2 aliphatic rings. The summed E-state index contributed by atoms with van der Waals surface area (Å²) >= 11 is 0. The molecule has 1 spiro atoms. The van der Waals surface area contributed by atoms with Gasteiger partial charge in [0.15, 0.2) is 11.6 Å². The molecule has 4 rings (SSSR count). The number of hydrogen-bond acceptors (Lipinski definition) is 8. The van der Waals surface area contributed by atoms with Crippen LogP contribution in [0.3, 0.4) is 0 Å². The molecule has 1 aromatic carbocycles. The number of oxazole rings is 1. The van der Waals surface area contributed by atoms with E-state index in [1.54, 1.807) is 11.3 Å². The maximum atomic E-state index is 6.22. The highest BCUT2D eigenvalue weighted by Crippen LogP contribution is 2.32. The van der Waals surface area contributed by atoms with E-state index in [2.05, 4.69) is 41.2 Å². The van der Waals surface area contributed by atoms with Gasteiger partial charge in [0.05, 0.1) is 18.8 Å². The number of aliphatic imine (C=N–C) groups is 1. The van der Waals surface area contributed by atoms with Gasteiger partial charge in [-0.1, -0.05) is 26.0 Å². The summed E-state index contributed by atoms with van der Waals surface area (Å²) in [5.74, 6) is 2.87. The predicted molar refractivity (Wildman–Crippen MR) is 118 cm³/mol. The molecule has 0 unspecified atom stereocenters. The van der Waals surface area contributed by atoms with Crippen LogP contribution in [0.15, 0.2) is 39.9 Å². The third kappa shape index (κ3) is 5.37. The van der Waals surface area contributed by atoms with Crippen molar-refractivity contribution in [2.45, 2.75) is 52.4 Å². The minimum Gasteiger partial charge on any atom is -0.493 e. The Balaban J connectivity index is 1.54. The van der Waals surface area contributed by atoms with E-state index < -0.39 is 5.72 Å². The van der Waals surface area contributed by atoms with Gasteiger partial charge in [0, 0.05) is 33.4 Å². The van der Waals surface area contributed by atoms with Crippen LogP contribution < -0.4 is 10.1 Å². The van der Waals surface area contributed by atoms with Crippen LogP contribution in [-0.2, 0) is 17.9 Å². The fourth-order valence-electron chi connectivity index (χ4n) is 3.91. The molecule has 1 N–H and O–H groups in total. The van der Waals surface area contributed by atoms with Crippen LogP contribution in [0.5, 0.6) is 5.75 Å². The normalized spacial score (nSPS) is 18.0. The first-order valence-electron chi connectivity index (χ1n) is 11.0. The zero-order valence-electron chi connectivity index (χ0n) is 18.9. The van der Waals surface area contributed by atoms with Gasteiger partial charge in [-0.25, -0.2) is 19.9 Å². The molecule has 1 saturated heterocycles. The lowest BCUT2D eigenvalue weighted by Crippen LogP contribution is -2.42. The fourth-order valence-corrected chi connectivity index (χ4v) is 3.91. The molecule has 0 amide bonds. The van der Waals surface area contributed by atoms with Gasteiger partial charge in [-0.3, -0.25) is 0 Å². The van der Waals surface area contributed by atoms with Gasteiger partial charge in [-0.2, -0.15) is 0 Å². The Morgan fingerprint density at radius 1 is 1.19 bits per heavy atom. The first-order chi connectivity index (χ1) is 14.9. The zero-order valence-corrected chi connectivity index (χ0v) is 18.9. The standard InChI is InChI=1S/C23H33N5O3/c1-17(2)15-30-21-7-5-19(6-8-21)13-28(14-20-16-29-18(3)25-20)22-26-23(31-27(22)4)9-11-24-12-10-23/h5-8,16-17,24H,9-15H2,1-4H3. The van der Waals surface area contributed by atoms with E-state index in [9.17, 15) is 0 Å². The molecule has 0 radical (unpaired) electrons. The molecule has 8 heteroatoms. The van der Waals surface area contributed by atoms with Crippen LogP contribution in [0.25, 0.3) is 0 Å². The maximum Gasteiger partial charge on any atom is 0.224 e. The molecular formula is C23H33N5O3. The molecular weight excluding hydrogens is 394 g/mol. The largest absolute Gasteiger partial charge is 0.493 e. The zero-order chi connectivity index (χ0) is 21.8. The quantitative estimate of drug-likeness (QED) is 0.726. The smallest absolute Gasteiger partial charge is 0.224 e. The first kappa shape index (κ1) is 21.6. The number of rotatable bonds is 7. The average Bonchev–Trinajstić information content (AvgIpc) is 3.30. The molecule has 8 nitrogen and oxygen atoms in total. The molecule has 0 saturated carbocycles. The van der Waals surface area contributed by atoms with Crippen molar-refractivity contribution >= 4 is 5.96 Å². The molecule has 168 valence electrons. The molecule has 31 heavy (non-hydrogen) atoms. The lowest BCUT2D eigenvalue weighted by atomic mass is 10.0. The van der Waals surface area contributed by atoms with Gasteiger partial charge < -0.3 is 19.4 Å². The number of piperidine rings is 1. The van der Waals surface area contributed by atoms with E-state index in [0.717, 1.165) is 43.3 Å². The number of nitrogens with zero attached hydrogens (tertiary/aromatic N) is 4. The highest BCUT2D eigenvalue weighted by atomic mass is 16.7. The van der Waals surface area contributed by atoms with Gasteiger partial charge in [0.1, 0.15) is 12.0 Å². The van der Waals surface area contributed by atoms with Gasteiger partial charge in [0.2, 0.25) is 5.96 Å². The Labute approximate surface area is 184 Å². The lowest BCUT2D eigenvalue weighted by Gasteiger charge is -2.30. The van der Waals surface area contributed by atoms with E-state index >= 15 is 0 Å². The number of ether oxygens (including phenoxy) is 1. The Hall–Kier alpha value is -2.58. The van der Waals surface area contributed by atoms with Crippen molar-refractivity contribution in [3.05, 3.63) is 47.7 Å². The van der Waals surface area contributed by atoms with E-state index in [1.807, 2.05) is 26.1 Å². The number of benzene rings is 1. The molecule has 1 fully saturated rings. The van der Waals surface area contributed by atoms with Crippen molar-refractivity contribution < 1.29 is 14.0 Å². The average molecular weight is 428 g/mol. The van der Waals surface area contributed by atoms with Crippen molar-refractivity contribution in [3.8, 4) is 5.75 Å². The molecule has 1 aromatic heterocycles. The third-order valence-electron chi connectivity index (χ3n) is 5.46. The van der Waals surface area contributed by atoms with Crippen LogP contribution in [0.4, 0.5) is 0 Å². The van der Waals surface area contributed by atoms with E-state index in [1.165, 1.54) is 5.56 Å². The van der Waals surface area contributed by atoms with Crippen molar-refractivity contribution in [1.82, 2.24) is 20.3 Å². The van der Waals surface area contributed by atoms with Crippen molar-refractivity contribution in [1.29, 1.82) is 0 Å². The lowest BCUT2D eigenvalue weighted by molar-refractivity contribution is -0.179. The number of nitrogens with one attached hydrogen (secondary N) is 1. The Morgan fingerprint density at radius 2 is 1.94 bits per heavy atom. The Morgan fingerprint density at radius 3 is 2.58 bits per heavy atom. The van der Waals surface area contributed by atoms with Crippen LogP contribution in [-0.4, -0.2) is 53.4 Å². The number of guanidine groups is 1. The van der Waals surface area contributed by atoms with Crippen molar-refractivity contribution in [3.63, 3.8) is 0 Å². The maximum absolute atomic E-state index is 6.22. The number of aromatic nitrogens is 1. The summed E-state index contributed by atoms with van der Waals surface area (Å²) in [7, 11) is 1.93. The molecule has 0 aliphatic carbocycles. The predicted octanol–water partition coefficient (Wildman–Crippen LogP) is 3.33. The number of aryl methyl sites for hydroxylation is 1. The van der Waals surface area contributed by atoms with Crippen LogP contribution in [0.1, 0.15) is 43.8 Å². The molecule has 2 aromatic rings. The molecule has 2 aliphatic heterocycles. The second-order valence-electron chi connectivity index (χ2n) is 8.76. The summed E-state index contributed by atoms with van der Waals surface area (Å²) in [5, 5.41) is 5.19. The Bertz CT molecular complexity index is 887. The van der Waals surface area contributed by atoms with E-state index in [4.69, 9.17) is 19.0 Å². The fraction of sp³-hybridized carbons (Fsp3) is 0.565. The van der Waals surface area contributed by atoms with Crippen LogP contribution in [0.2, 0.25) is 0 Å². The van der Waals surface area contributed by atoms with Crippen molar-refractivity contribution in [2.75, 3.05) is 26.7 Å². The van der Waals surface area contributed by atoms with E-state index in [-0.39, 0.29) is 0 Å². The second-order valence-corrected chi connectivity index (χ2v) is 8.76. The second kappa shape index (κ2) is 9.28. The Kier molecular flexibility index (Phi) is 6.48. The van der Waals surface area contributed by atoms with E-state index in [0.29, 0.717) is 31.5 Å². The van der Waals surface area contributed by atoms with Gasteiger partial charge in [0.25, 0.3) is 0 Å². The monoisotopic (exact) mass is 427 g/mol. The molecule has 0 atom stereocenters. The third-order valence-corrected chi connectivity index (χ3v) is 5.46. The highest BCUT2D eigenvalue weighted by molar-refractivity contribution is 5.80. The summed E-state index contributed by atoms with van der Waals surface area (Å²) in [6, 6.07) is 8.27. The summed E-state index contributed by atoms with van der Waals surface area (Å²) in [6.45, 7) is 9.95. The van der Waals surface area contributed by atoms with Gasteiger partial charge in [-0.15, -0.1) is 0 Å². The number of hydrogen-bond donors (Lipinski definition) is 1. The van der Waals surface area contributed by atoms with Crippen LogP contribution in [0, 0.1) is 12.8 Å². The molecule has 0 bridgehead atoms.